The van der Waals surface area contributed by atoms with E-state index in [2.05, 4.69) is 54.6 Å². The van der Waals surface area contributed by atoms with Crippen LogP contribution >= 0.6 is 7.82 Å². The summed E-state index contributed by atoms with van der Waals surface area (Å²) in [6.45, 7) is 5.88. The molecule has 6 heteroatoms. The van der Waals surface area contributed by atoms with E-state index in [4.69, 9.17) is 18.3 Å². The summed E-state index contributed by atoms with van der Waals surface area (Å²) in [5.74, 6) is 0. The highest BCUT2D eigenvalue weighted by Crippen LogP contribution is 2.52. The predicted octanol–water partition coefficient (Wildman–Crippen LogP) is 7.83. The molecule has 1 atom stereocenters. The number of rotatable bonds is 16. The van der Waals surface area contributed by atoms with E-state index in [-0.39, 0.29) is 13.2 Å². The van der Waals surface area contributed by atoms with Gasteiger partial charge in [0.1, 0.15) is 12.2 Å². The van der Waals surface area contributed by atoms with E-state index >= 15 is 0 Å². The first-order valence-corrected chi connectivity index (χ1v) is 13.2. The van der Waals surface area contributed by atoms with Gasteiger partial charge >= 0.3 is 7.82 Å². The van der Waals surface area contributed by atoms with Crippen molar-refractivity contribution in [3.05, 3.63) is 84.0 Å². The van der Waals surface area contributed by atoms with Crippen LogP contribution in [0.5, 0.6) is 0 Å². The number of hydrogen-bond donors (Lipinski definition) is 0. The van der Waals surface area contributed by atoms with Crippen LogP contribution in [0.2, 0.25) is 0 Å². The van der Waals surface area contributed by atoms with E-state index in [0.717, 1.165) is 25.7 Å². The van der Waals surface area contributed by atoms with Gasteiger partial charge in [-0.25, -0.2) is 4.57 Å². The van der Waals surface area contributed by atoms with Crippen molar-refractivity contribution in [2.24, 2.45) is 0 Å². The molecule has 0 fully saturated rings. The zero-order valence-corrected chi connectivity index (χ0v) is 21.3. The molecule has 33 heavy (non-hydrogen) atoms. The maximum absolute atomic E-state index is 12.8. The lowest BCUT2D eigenvalue weighted by molar-refractivity contribution is 0.0381. The zero-order chi connectivity index (χ0) is 23.9. The highest BCUT2D eigenvalue weighted by Gasteiger charge is 2.33. The van der Waals surface area contributed by atoms with E-state index < -0.39 is 13.9 Å². The maximum atomic E-state index is 12.8. The fourth-order valence-electron chi connectivity index (χ4n) is 3.57. The Balaban J connectivity index is 1.93. The quantitative estimate of drug-likeness (QED) is 0.184. The molecule has 5 nitrogen and oxygen atoms in total. The molecule has 1 unspecified atom stereocenters. The lowest BCUT2D eigenvalue weighted by atomic mass is 9.96. The van der Waals surface area contributed by atoms with E-state index in [1.807, 2.05) is 19.1 Å². The minimum absolute atomic E-state index is 0.257. The Morgan fingerprint density at radius 3 is 1.91 bits per heavy atom. The van der Waals surface area contributed by atoms with Gasteiger partial charge in [-0.1, -0.05) is 79.6 Å². The van der Waals surface area contributed by atoms with Gasteiger partial charge in [0.25, 0.3) is 0 Å². The van der Waals surface area contributed by atoms with Crippen molar-refractivity contribution in [3.63, 3.8) is 0 Å². The molecule has 0 N–H and O–H groups in total. The summed E-state index contributed by atoms with van der Waals surface area (Å²) in [5, 5.41) is 0. The van der Waals surface area contributed by atoms with Crippen LogP contribution < -0.4 is 0 Å². The van der Waals surface area contributed by atoms with E-state index in [9.17, 15) is 4.57 Å². The van der Waals surface area contributed by atoms with E-state index in [0.29, 0.717) is 12.5 Å². The third-order valence-corrected chi connectivity index (χ3v) is 6.96. The first-order valence-electron chi connectivity index (χ1n) is 11.8. The third-order valence-electron chi connectivity index (χ3n) is 5.29. The SMILES string of the molecule is CCOP(=O)(OCC)OC(CCCCCC=C(c1ccccc1)c1ccccc1)[C](C)OC. The van der Waals surface area contributed by atoms with Gasteiger partial charge in [0.2, 0.25) is 0 Å². The Bertz CT molecular complexity index is 802. The van der Waals surface area contributed by atoms with Gasteiger partial charge in [-0.05, 0) is 56.7 Å². The van der Waals surface area contributed by atoms with Crippen LogP contribution in [-0.4, -0.2) is 26.4 Å². The molecular weight excluding hydrogens is 435 g/mol. The lowest BCUT2D eigenvalue weighted by Gasteiger charge is -2.26. The van der Waals surface area contributed by atoms with Gasteiger partial charge in [-0.2, -0.15) is 0 Å². The second kappa shape index (κ2) is 15.2. The van der Waals surface area contributed by atoms with Crippen LogP contribution in [0.15, 0.2) is 66.7 Å². The summed E-state index contributed by atoms with van der Waals surface area (Å²) in [6, 6.07) is 21.0. The molecule has 181 valence electrons. The predicted molar refractivity (Wildman–Crippen MR) is 135 cm³/mol. The van der Waals surface area contributed by atoms with Crippen molar-refractivity contribution < 1.29 is 22.9 Å². The van der Waals surface area contributed by atoms with Crippen LogP contribution in [0.3, 0.4) is 0 Å². The van der Waals surface area contributed by atoms with Crippen LogP contribution in [0, 0.1) is 6.10 Å². The highest BCUT2D eigenvalue weighted by atomic mass is 31.2. The Hall–Kier alpha value is -1.75. The number of benzene rings is 2. The van der Waals surface area contributed by atoms with Gasteiger partial charge in [0.15, 0.2) is 0 Å². The summed E-state index contributed by atoms with van der Waals surface area (Å²) in [7, 11) is -2.00. The molecule has 2 aromatic rings. The minimum atomic E-state index is -3.60. The number of ether oxygens (including phenoxy) is 1. The number of phosphoric ester groups is 1. The fraction of sp³-hybridized carbons (Fsp3) is 0.444. The number of methoxy groups -OCH3 is 1. The average molecular weight is 474 g/mol. The summed E-state index contributed by atoms with van der Waals surface area (Å²) in [4.78, 5) is 0. The van der Waals surface area contributed by atoms with Crippen LogP contribution in [0.4, 0.5) is 0 Å². The lowest BCUT2D eigenvalue weighted by Crippen LogP contribution is -2.22. The topological polar surface area (TPSA) is 54.0 Å². The molecule has 0 aliphatic heterocycles. The highest BCUT2D eigenvalue weighted by molar-refractivity contribution is 7.48. The van der Waals surface area contributed by atoms with Crippen molar-refractivity contribution in [2.75, 3.05) is 20.3 Å². The summed E-state index contributed by atoms with van der Waals surface area (Å²) < 4.78 is 34.5. The largest absolute Gasteiger partial charge is 0.475 e. The zero-order valence-electron chi connectivity index (χ0n) is 20.4. The first kappa shape index (κ1) is 27.5. The molecule has 2 aromatic carbocycles. The van der Waals surface area contributed by atoms with Gasteiger partial charge < -0.3 is 4.74 Å². The molecule has 0 saturated carbocycles. The molecule has 0 saturated heterocycles. The van der Waals surface area contributed by atoms with Crippen molar-refractivity contribution in [1.29, 1.82) is 0 Å². The number of unbranched alkanes of at least 4 members (excludes halogenated alkanes) is 3. The van der Waals surface area contributed by atoms with Crippen molar-refractivity contribution in [1.82, 2.24) is 0 Å². The smallest absolute Gasteiger partial charge is 0.373 e. The number of allylic oxidation sites excluding steroid dienone is 1. The van der Waals surface area contributed by atoms with Crippen molar-refractivity contribution >= 4 is 13.4 Å². The molecular formula is C27H38O5P. The van der Waals surface area contributed by atoms with E-state index in [1.54, 1.807) is 21.0 Å². The van der Waals surface area contributed by atoms with Crippen LogP contribution in [-0.2, 0) is 22.9 Å². The standard InChI is InChI=1S/C27H38O5P/c1-5-30-33(28,31-6-2)32-27(23(3)29-4)22-16-8-7-15-21-26(24-17-11-9-12-18-24)25-19-13-10-14-20-25/h9-14,17-21,27H,5-8,15-16,22H2,1-4H3. The van der Waals surface area contributed by atoms with Crippen LogP contribution in [0.1, 0.15) is 64.0 Å². The Morgan fingerprint density at radius 1 is 0.879 bits per heavy atom. The maximum Gasteiger partial charge on any atom is 0.475 e. The second-order valence-electron chi connectivity index (χ2n) is 7.68. The fourth-order valence-corrected chi connectivity index (χ4v) is 4.96. The average Bonchev–Trinajstić information content (AvgIpc) is 2.83. The van der Waals surface area contributed by atoms with Gasteiger partial charge in [0.05, 0.1) is 13.2 Å². The molecule has 0 bridgehead atoms. The molecule has 1 radical (unpaired) electrons. The van der Waals surface area contributed by atoms with Gasteiger partial charge in [0, 0.05) is 7.11 Å². The Kier molecular flexibility index (Phi) is 12.7. The molecule has 0 aliphatic carbocycles. The molecule has 0 spiro atoms. The van der Waals surface area contributed by atoms with Gasteiger partial charge in [-0.3, -0.25) is 13.6 Å². The monoisotopic (exact) mass is 473 g/mol. The Labute approximate surface area is 199 Å². The molecule has 0 heterocycles. The Morgan fingerprint density at radius 2 is 1.42 bits per heavy atom. The third kappa shape index (κ3) is 9.56. The van der Waals surface area contributed by atoms with E-state index in [1.165, 1.54) is 16.7 Å². The minimum Gasteiger partial charge on any atom is -0.373 e. The first-order chi connectivity index (χ1) is 16.0. The van der Waals surface area contributed by atoms with Crippen LogP contribution in [0.25, 0.3) is 5.57 Å². The molecule has 2 rings (SSSR count). The van der Waals surface area contributed by atoms with Crippen molar-refractivity contribution in [2.45, 2.75) is 59.0 Å². The molecule has 0 aliphatic rings. The normalized spacial score (nSPS) is 12.6. The number of hydrogen-bond acceptors (Lipinski definition) is 5. The molecule has 0 aromatic heterocycles. The summed E-state index contributed by atoms with van der Waals surface area (Å²) >= 11 is 0. The second-order valence-corrected chi connectivity index (χ2v) is 9.30. The molecule has 0 amide bonds. The van der Waals surface area contributed by atoms with Gasteiger partial charge in [-0.15, -0.1) is 0 Å². The van der Waals surface area contributed by atoms with Crippen molar-refractivity contribution in [3.8, 4) is 0 Å². The number of phosphoric acid groups is 1. The summed E-state index contributed by atoms with van der Waals surface area (Å²) in [5.41, 5.74) is 3.71. The summed E-state index contributed by atoms with van der Waals surface area (Å²) in [6.07, 6.45) is 7.23.